The lowest BCUT2D eigenvalue weighted by Gasteiger charge is -2.12. The average Bonchev–Trinajstić information content (AvgIpc) is 3.19. The zero-order valence-electron chi connectivity index (χ0n) is 17.3. The second-order valence-electron chi connectivity index (χ2n) is 7.49. The Morgan fingerprint density at radius 2 is 1.81 bits per heavy atom. The number of fused-ring (bicyclic) bond motifs is 3. The van der Waals surface area contributed by atoms with Crippen LogP contribution in [0.15, 0.2) is 82.9 Å². The molecule has 3 heterocycles. The minimum atomic E-state index is -0.105. The van der Waals surface area contributed by atoms with E-state index in [2.05, 4.69) is 4.98 Å². The second-order valence-corrected chi connectivity index (χ2v) is 9.43. The lowest BCUT2D eigenvalue weighted by Crippen LogP contribution is -2.23. The summed E-state index contributed by atoms with van der Waals surface area (Å²) in [4.78, 5) is 36.3. The first kappa shape index (κ1) is 20.6. The van der Waals surface area contributed by atoms with Gasteiger partial charge in [-0.15, -0.1) is 11.3 Å². The van der Waals surface area contributed by atoms with E-state index in [9.17, 15) is 9.59 Å². The molecule has 0 spiro atoms. The molecule has 0 N–H and O–H groups in total. The van der Waals surface area contributed by atoms with E-state index in [1.165, 1.54) is 23.1 Å². The Morgan fingerprint density at radius 1 is 1.03 bits per heavy atom. The summed E-state index contributed by atoms with van der Waals surface area (Å²) >= 11 is 2.66. The predicted octanol–water partition coefficient (Wildman–Crippen LogP) is 5.34. The van der Waals surface area contributed by atoms with E-state index in [1.807, 2.05) is 73.7 Å². The van der Waals surface area contributed by atoms with Crippen LogP contribution in [0.1, 0.15) is 21.5 Å². The summed E-state index contributed by atoms with van der Waals surface area (Å²) in [6.45, 7) is 2.38. The number of carbonyl (C=O) groups is 1. The van der Waals surface area contributed by atoms with Crippen LogP contribution in [0.5, 0.6) is 0 Å². The molecule has 3 aromatic heterocycles. The lowest BCUT2D eigenvalue weighted by atomic mass is 10.1. The van der Waals surface area contributed by atoms with Crippen LogP contribution in [-0.2, 0) is 6.54 Å². The van der Waals surface area contributed by atoms with Gasteiger partial charge in [-0.1, -0.05) is 71.9 Å². The van der Waals surface area contributed by atoms with E-state index in [1.54, 1.807) is 10.8 Å². The number of benzene rings is 2. The van der Waals surface area contributed by atoms with Crippen LogP contribution in [0.3, 0.4) is 0 Å². The number of aromatic nitrogens is 3. The minimum absolute atomic E-state index is 0.00690. The number of Topliss-reactive ketones (excluding diaryl/α,β-unsaturated/α-hetero) is 1. The molecule has 0 unspecified atom stereocenters. The third-order valence-corrected chi connectivity index (χ3v) is 7.27. The molecule has 0 saturated carbocycles. The maximum atomic E-state index is 13.5. The van der Waals surface area contributed by atoms with Crippen LogP contribution in [0.4, 0.5) is 0 Å². The van der Waals surface area contributed by atoms with Gasteiger partial charge in [-0.3, -0.25) is 14.2 Å². The van der Waals surface area contributed by atoms with E-state index < -0.39 is 0 Å². The molecule has 0 aliphatic carbocycles. The quantitative estimate of drug-likeness (QED) is 0.196. The molecule has 0 saturated heterocycles. The molecule has 0 aliphatic rings. The van der Waals surface area contributed by atoms with Crippen molar-refractivity contribution in [1.82, 2.24) is 14.5 Å². The minimum Gasteiger partial charge on any atom is -0.293 e. The van der Waals surface area contributed by atoms with Gasteiger partial charge in [-0.2, -0.15) is 0 Å². The first-order valence-corrected chi connectivity index (χ1v) is 11.9. The van der Waals surface area contributed by atoms with Gasteiger partial charge in [0.1, 0.15) is 9.53 Å². The summed E-state index contributed by atoms with van der Waals surface area (Å²) in [5, 5.41) is 1.40. The van der Waals surface area contributed by atoms with Crippen LogP contribution in [-0.4, -0.2) is 26.1 Å². The number of nitrogens with zero attached hydrogens (tertiary/aromatic N) is 3. The molecule has 0 radical (unpaired) electrons. The van der Waals surface area contributed by atoms with Crippen LogP contribution >= 0.6 is 23.1 Å². The van der Waals surface area contributed by atoms with Crippen LogP contribution in [0.2, 0.25) is 0 Å². The third kappa shape index (κ3) is 3.97. The van der Waals surface area contributed by atoms with Gasteiger partial charge in [-0.05, 0) is 24.6 Å². The molecule has 2 aromatic carbocycles. The smallest absolute Gasteiger partial charge is 0.272 e. The molecule has 0 amide bonds. The highest BCUT2D eigenvalue weighted by molar-refractivity contribution is 7.99. The van der Waals surface area contributed by atoms with Crippen LogP contribution in [0, 0.1) is 6.92 Å². The molecule has 0 aliphatic heterocycles. The third-order valence-electron chi connectivity index (χ3n) is 5.21. The number of thioether (sulfide) groups is 1. The standard InChI is InChI=1S/C25H19N3O2S2/c1-16-9-11-18(12-10-16)20(29)15-31-25-27-21-19-8-5-13-26-23(19)32-22(21)24(30)28(25)14-17-6-3-2-4-7-17/h2-13H,14-15H2,1H3. The Kier molecular flexibility index (Phi) is 5.59. The zero-order valence-corrected chi connectivity index (χ0v) is 19.0. The normalized spacial score (nSPS) is 11.3. The van der Waals surface area contributed by atoms with Crippen molar-refractivity contribution in [2.75, 3.05) is 5.75 Å². The summed E-state index contributed by atoms with van der Waals surface area (Å²) in [6, 6.07) is 21.1. The SMILES string of the molecule is Cc1ccc(C(=O)CSc2nc3c(sc4ncccc43)c(=O)n2Cc2ccccc2)cc1. The van der Waals surface area contributed by atoms with Gasteiger partial charge in [0.2, 0.25) is 0 Å². The first-order valence-electron chi connectivity index (χ1n) is 10.1. The lowest BCUT2D eigenvalue weighted by molar-refractivity contribution is 0.102. The van der Waals surface area contributed by atoms with E-state index in [0.717, 1.165) is 21.3 Å². The molecular formula is C25H19N3O2S2. The van der Waals surface area contributed by atoms with Crippen molar-refractivity contribution < 1.29 is 4.79 Å². The van der Waals surface area contributed by atoms with Crippen molar-refractivity contribution in [1.29, 1.82) is 0 Å². The van der Waals surface area contributed by atoms with Crippen molar-refractivity contribution in [2.24, 2.45) is 0 Å². The Hall–Kier alpha value is -3.29. The van der Waals surface area contributed by atoms with Gasteiger partial charge in [0, 0.05) is 17.1 Å². The number of thiophene rings is 1. The van der Waals surface area contributed by atoms with Crippen molar-refractivity contribution in [3.63, 3.8) is 0 Å². The topological polar surface area (TPSA) is 64.8 Å². The van der Waals surface area contributed by atoms with Gasteiger partial charge in [-0.25, -0.2) is 9.97 Å². The maximum Gasteiger partial charge on any atom is 0.272 e. The van der Waals surface area contributed by atoms with Crippen LogP contribution in [0.25, 0.3) is 20.4 Å². The Morgan fingerprint density at radius 3 is 2.59 bits per heavy atom. The van der Waals surface area contributed by atoms with E-state index in [0.29, 0.717) is 27.5 Å². The molecule has 0 fully saturated rings. The summed E-state index contributed by atoms with van der Waals surface area (Å²) in [7, 11) is 0. The number of hydrogen-bond acceptors (Lipinski definition) is 6. The van der Waals surface area contributed by atoms with E-state index in [4.69, 9.17) is 4.98 Å². The molecule has 5 rings (SSSR count). The fraction of sp³-hybridized carbons (Fsp3) is 0.120. The van der Waals surface area contributed by atoms with Crippen molar-refractivity contribution >= 4 is 49.3 Å². The summed E-state index contributed by atoms with van der Waals surface area (Å²) in [5.74, 6) is 0.211. The number of ketones is 1. The molecule has 5 nitrogen and oxygen atoms in total. The second kappa shape index (κ2) is 8.68. The van der Waals surface area contributed by atoms with Gasteiger partial charge in [0.25, 0.3) is 5.56 Å². The molecule has 158 valence electrons. The Bertz CT molecular complexity index is 1490. The van der Waals surface area contributed by atoms with Gasteiger partial charge in [0.05, 0.1) is 17.8 Å². The molecule has 0 atom stereocenters. The van der Waals surface area contributed by atoms with Crippen LogP contribution < -0.4 is 5.56 Å². The van der Waals surface area contributed by atoms with Gasteiger partial charge < -0.3 is 0 Å². The summed E-state index contributed by atoms with van der Waals surface area (Å²) in [6.07, 6.45) is 1.72. The molecule has 7 heteroatoms. The Balaban J connectivity index is 1.57. The molecular weight excluding hydrogens is 438 g/mol. The van der Waals surface area contributed by atoms with E-state index in [-0.39, 0.29) is 17.1 Å². The fourth-order valence-electron chi connectivity index (χ4n) is 3.51. The van der Waals surface area contributed by atoms with Crippen molar-refractivity contribution in [3.8, 4) is 0 Å². The van der Waals surface area contributed by atoms with Gasteiger partial charge >= 0.3 is 0 Å². The monoisotopic (exact) mass is 457 g/mol. The molecule has 32 heavy (non-hydrogen) atoms. The van der Waals surface area contributed by atoms with Crippen molar-refractivity contribution in [3.05, 3.63) is 100.0 Å². The fourth-order valence-corrected chi connectivity index (χ4v) is 5.43. The molecule has 5 aromatic rings. The largest absolute Gasteiger partial charge is 0.293 e. The maximum absolute atomic E-state index is 13.5. The highest BCUT2D eigenvalue weighted by atomic mass is 32.2. The highest BCUT2D eigenvalue weighted by Gasteiger charge is 2.18. The molecule has 0 bridgehead atoms. The Labute approximate surface area is 192 Å². The number of rotatable bonds is 6. The van der Waals surface area contributed by atoms with Crippen molar-refractivity contribution in [2.45, 2.75) is 18.6 Å². The summed E-state index contributed by atoms with van der Waals surface area (Å²) in [5.41, 5.74) is 3.31. The first-order chi connectivity index (χ1) is 15.6. The zero-order chi connectivity index (χ0) is 22.1. The number of carbonyl (C=O) groups excluding carboxylic acids is 1. The predicted molar refractivity (Wildman–Crippen MR) is 131 cm³/mol. The van der Waals surface area contributed by atoms with Gasteiger partial charge in [0.15, 0.2) is 10.9 Å². The number of aryl methyl sites for hydroxylation is 1. The highest BCUT2D eigenvalue weighted by Crippen LogP contribution is 2.30. The summed E-state index contributed by atoms with van der Waals surface area (Å²) < 4.78 is 2.25. The number of pyridine rings is 1. The number of hydrogen-bond donors (Lipinski definition) is 0. The average molecular weight is 458 g/mol. The van der Waals surface area contributed by atoms with E-state index >= 15 is 0 Å².